The summed E-state index contributed by atoms with van der Waals surface area (Å²) >= 11 is 0. The Hall–Kier alpha value is -3.12. The number of amides is 1. The van der Waals surface area contributed by atoms with Crippen LogP contribution in [0.3, 0.4) is 0 Å². The Morgan fingerprint density at radius 2 is 1.70 bits per heavy atom. The van der Waals surface area contributed by atoms with E-state index < -0.39 is 17.4 Å². The number of carbonyl (C=O) groups is 1. The molecule has 1 heterocycles. The molecule has 0 fully saturated rings. The monoisotopic (exact) mass is 363 g/mol. The lowest BCUT2D eigenvalue weighted by molar-refractivity contribution is -0.130. The second kappa shape index (κ2) is 6.55. The van der Waals surface area contributed by atoms with Gasteiger partial charge in [0.15, 0.2) is 0 Å². The van der Waals surface area contributed by atoms with Crippen LogP contribution in [-0.4, -0.2) is 26.8 Å². The zero-order valence-electron chi connectivity index (χ0n) is 14.9. The van der Waals surface area contributed by atoms with E-state index in [0.29, 0.717) is 16.9 Å². The summed E-state index contributed by atoms with van der Waals surface area (Å²) < 4.78 is 0. The molecule has 1 aliphatic rings. The molecule has 0 bridgehead atoms. The number of nitrogens with one attached hydrogen (secondary N) is 3. The van der Waals surface area contributed by atoms with Crippen molar-refractivity contribution in [3.05, 3.63) is 87.8 Å². The summed E-state index contributed by atoms with van der Waals surface area (Å²) in [5, 5.41) is 19.5. The number of benzene rings is 2. The normalized spacial score (nSPS) is 24.2. The summed E-state index contributed by atoms with van der Waals surface area (Å²) in [4.78, 5) is 25.7. The second-order valence-electron chi connectivity index (χ2n) is 7.23. The van der Waals surface area contributed by atoms with Crippen molar-refractivity contribution in [2.24, 2.45) is 5.92 Å². The van der Waals surface area contributed by atoms with Gasteiger partial charge in [0.1, 0.15) is 0 Å². The Morgan fingerprint density at radius 3 is 2.37 bits per heavy atom. The largest absolute Gasteiger partial charge is 0.389 e. The van der Waals surface area contributed by atoms with E-state index in [9.17, 15) is 14.7 Å². The maximum absolute atomic E-state index is 13.2. The summed E-state index contributed by atoms with van der Waals surface area (Å²) in [5.74, 6) is -1.68. The molecule has 0 aliphatic heterocycles. The number of H-pyrrole nitrogens is 2. The lowest BCUT2D eigenvalue weighted by atomic mass is 9.66. The molecule has 3 atom stereocenters. The Morgan fingerprint density at radius 1 is 1.07 bits per heavy atom. The third kappa shape index (κ3) is 3.08. The summed E-state index contributed by atoms with van der Waals surface area (Å²) in [5.41, 5.74) is 1.05. The van der Waals surface area contributed by atoms with Crippen LogP contribution in [0.5, 0.6) is 0 Å². The molecule has 1 aromatic heterocycles. The van der Waals surface area contributed by atoms with Gasteiger partial charge in [0.25, 0.3) is 5.56 Å². The van der Waals surface area contributed by atoms with E-state index in [0.717, 1.165) is 5.56 Å². The number of fused-ring (bicyclic) bond motifs is 1. The predicted octanol–water partition coefficient (Wildman–Crippen LogP) is 2.40. The number of hydrogen-bond donors (Lipinski definition) is 4. The minimum absolute atomic E-state index is 0.192. The average molecular weight is 363 g/mol. The number of para-hydroxylation sites is 1. The van der Waals surface area contributed by atoms with Crippen LogP contribution in [0, 0.1) is 5.92 Å². The molecule has 0 spiro atoms. The first-order chi connectivity index (χ1) is 13.0. The highest BCUT2D eigenvalue weighted by Gasteiger charge is 2.50. The van der Waals surface area contributed by atoms with Crippen LogP contribution in [0.15, 0.2) is 65.5 Å². The van der Waals surface area contributed by atoms with Crippen molar-refractivity contribution in [2.45, 2.75) is 24.9 Å². The number of aromatic nitrogens is 2. The molecule has 0 unspecified atom stereocenters. The van der Waals surface area contributed by atoms with Crippen LogP contribution in [0.4, 0.5) is 5.69 Å². The number of carbonyl (C=O) groups excluding carboxylic acids is 1. The Labute approximate surface area is 156 Å². The maximum atomic E-state index is 13.2. The highest BCUT2D eigenvalue weighted by atomic mass is 16.3. The van der Waals surface area contributed by atoms with Gasteiger partial charge in [0, 0.05) is 29.3 Å². The van der Waals surface area contributed by atoms with Crippen LogP contribution >= 0.6 is 0 Å². The van der Waals surface area contributed by atoms with Gasteiger partial charge >= 0.3 is 0 Å². The van der Waals surface area contributed by atoms with Crippen molar-refractivity contribution in [1.82, 2.24) is 10.2 Å². The molecule has 3 aromatic rings. The van der Waals surface area contributed by atoms with E-state index in [1.807, 2.05) is 48.5 Å². The fourth-order valence-electron chi connectivity index (χ4n) is 4.06. The van der Waals surface area contributed by atoms with Crippen LogP contribution < -0.4 is 10.9 Å². The van der Waals surface area contributed by atoms with Gasteiger partial charge in [-0.3, -0.25) is 14.7 Å². The minimum atomic E-state index is -1.32. The second-order valence-corrected chi connectivity index (χ2v) is 7.23. The van der Waals surface area contributed by atoms with Gasteiger partial charge < -0.3 is 15.5 Å². The molecular weight excluding hydrogens is 342 g/mol. The first-order valence-electron chi connectivity index (χ1n) is 8.90. The molecule has 4 rings (SSSR count). The van der Waals surface area contributed by atoms with Crippen molar-refractivity contribution in [3.8, 4) is 0 Å². The third-order valence-electron chi connectivity index (χ3n) is 5.23. The zero-order chi connectivity index (χ0) is 19.0. The van der Waals surface area contributed by atoms with E-state index in [4.69, 9.17) is 0 Å². The summed E-state index contributed by atoms with van der Waals surface area (Å²) in [6.07, 6.45) is 0.192. The minimum Gasteiger partial charge on any atom is -0.389 e. The summed E-state index contributed by atoms with van der Waals surface area (Å²) in [7, 11) is 0. The first-order valence-corrected chi connectivity index (χ1v) is 8.90. The average Bonchev–Trinajstić information content (AvgIpc) is 3.01. The maximum Gasteiger partial charge on any atom is 0.267 e. The van der Waals surface area contributed by atoms with E-state index in [-0.39, 0.29) is 17.9 Å². The Kier molecular flexibility index (Phi) is 4.20. The van der Waals surface area contributed by atoms with Crippen LogP contribution in [0.25, 0.3) is 0 Å². The van der Waals surface area contributed by atoms with Crippen molar-refractivity contribution in [2.75, 3.05) is 5.32 Å². The van der Waals surface area contributed by atoms with Gasteiger partial charge in [-0.2, -0.15) is 0 Å². The quantitative estimate of drug-likeness (QED) is 0.575. The van der Waals surface area contributed by atoms with Gasteiger partial charge in [-0.25, -0.2) is 0 Å². The van der Waals surface area contributed by atoms with E-state index in [1.165, 1.54) is 0 Å². The van der Waals surface area contributed by atoms with E-state index >= 15 is 0 Å². The summed E-state index contributed by atoms with van der Waals surface area (Å²) in [6.45, 7) is 1.65. The van der Waals surface area contributed by atoms with Crippen LogP contribution in [-0.2, 0) is 11.2 Å². The number of aromatic amines is 2. The van der Waals surface area contributed by atoms with Crippen molar-refractivity contribution >= 4 is 11.6 Å². The molecule has 4 N–H and O–H groups in total. The molecule has 0 radical (unpaired) electrons. The molecule has 1 amide bonds. The van der Waals surface area contributed by atoms with Gasteiger partial charge in [-0.1, -0.05) is 48.5 Å². The predicted molar refractivity (Wildman–Crippen MR) is 103 cm³/mol. The van der Waals surface area contributed by atoms with Gasteiger partial charge in [0.05, 0.1) is 11.5 Å². The lowest BCUT2D eigenvalue weighted by Crippen LogP contribution is -2.51. The van der Waals surface area contributed by atoms with E-state index in [2.05, 4.69) is 15.5 Å². The molecule has 138 valence electrons. The van der Waals surface area contributed by atoms with Crippen molar-refractivity contribution in [3.63, 3.8) is 0 Å². The summed E-state index contributed by atoms with van der Waals surface area (Å²) in [6, 6.07) is 18.5. The number of hydrogen-bond acceptors (Lipinski definition) is 3. The van der Waals surface area contributed by atoms with Crippen molar-refractivity contribution < 1.29 is 9.90 Å². The fraction of sp³-hybridized carbons (Fsp3) is 0.238. The molecule has 2 aromatic carbocycles. The van der Waals surface area contributed by atoms with Crippen molar-refractivity contribution in [1.29, 1.82) is 0 Å². The molecule has 6 heteroatoms. The fourth-order valence-corrected chi connectivity index (χ4v) is 4.06. The van der Waals surface area contributed by atoms with Crippen LogP contribution in [0.2, 0.25) is 0 Å². The lowest BCUT2D eigenvalue weighted by Gasteiger charge is -2.41. The standard InChI is InChI=1S/C21H21N3O3/c1-21(27)12-15-17(19(25)24-23-15)16(13-8-4-2-5-9-13)18(21)20(26)22-14-10-6-3-7-11-14/h2-11,16,18,27H,12H2,1H3,(H,22,26)(H2,23,24,25)/t16-,18+,21-/m0/s1. The van der Waals surface area contributed by atoms with Gasteiger partial charge in [-0.15, -0.1) is 0 Å². The highest BCUT2D eigenvalue weighted by molar-refractivity contribution is 5.94. The number of aliphatic hydroxyl groups is 1. The molecule has 1 aliphatic carbocycles. The topological polar surface area (TPSA) is 98.0 Å². The molecule has 0 saturated carbocycles. The molecule has 0 saturated heterocycles. The molecular formula is C21H21N3O3. The molecule has 6 nitrogen and oxygen atoms in total. The smallest absolute Gasteiger partial charge is 0.267 e. The Balaban J connectivity index is 1.82. The number of rotatable bonds is 3. The molecule has 27 heavy (non-hydrogen) atoms. The third-order valence-corrected chi connectivity index (χ3v) is 5.23. The van der Waals surface area contributed by atoms with Gasteiger partial charge in [-0.05, 0) is 24.6 Å². The number of anilines is 1. The highest BCUT2D eigenvalue weighted by Crippen LogP contribution is 2.44. The SMILES string of the molecule is C[C@]1(O)Cc2[nH][nH]c(=O)c2[C@H](c2ccccc2)[C@@H]1C(=O)Nc1ccccc1. The van der Waals surface area contributed by atoms with E-state index in [1.54, 1.807) is 19.1 Å². The first kappa shape index (κ1) is 17.3. The zero-order valence-corrected chi connectivity index (χ0v) is 14.9. The van der Waals surface area contributed by atoms with Crippen LogP contribution in [0.1, 0.15) is 29.7 Å². The van der Waals surface area contributed by atoms with Gasteiger partial charge in [0.2, 0.25) is 5.91 Å². The Bertz CT molecular complexity index is 1010.